The fourth-order valence-corrected chi connectivity index (χ4v) is 4.70. The van der Waals surface area contributed by atoms with E-state index in [9.17, 15) is 17.6 Å². The molecule has 150 valence electrons. The molecular formula is C20H23FN2O4S. The molecule has 1 aliphatic rings. The third-order valence-electron chi connectivity index (χ3n) is 4.48. The molecule has 3 rings (SSSR count). The summed E-state index contributed by atoms with van der Waals surface area (Å²) in [6.07, 6.45) is -0.276. The van der Waals surface area contributed by atoms with Crippen molar-refractivity contribution in [1.29, 1.82) is 0 Å². The molecule has 0 bridgehead atoms. The highest BCUT2D eigenvalue weighted by molar-refractivity contribution is 7.92. The van der Waals surface area contributed by atoms with E-state index in [2.05, 4.69) is 0 Å². The number of benzene rings is 2. The van der Waals surface area contributed by atoms with E-state index in [1.54, 1.807) is 23.1 Å². The lowest BCUT2D eigenvalue weighted by molar-refractivity contribution is -0.141. The normalized spacial score (nSPS) is 20.0. The zero-order valence-corrected chi connectivity index (χ0v) is 16.6. The number of anilines is 1. The van der Waals surface area contributed by atoms with Crippen molar-refractivity contribution < 1.29 is 22.3 Å². The number of sulfonamides is 1. The highest BCUT2D eigenvalue weighted by Crippen LogP contribution is 2.25. The molecule has 0 spiro atoms. The number of carbonyl (C=O) groups is 1. The van der Waals surface area contributed by atoms with Crippen molar-refractivity contribution in [3.05, 3.63) is 60.4 Å². The number of hydrogen-bond acceptors (Lipinski definition) is 4. The number of halogens is 1. The molecule has 6 nitrogen and oxygen atoms in total. The lowest BCUT2D eigenvalue weighted by Crippen LogP contribution is -2.51. The number of morpholine rings is 1. The zero-order chi connectivity index (χ0) is 20.3. The van der Waals surface area contributed by atoms with Crippen LogP contribution in [0.4, 0.5) is 10.1 Å². The molecule has 2 unspecified atom stereocenters. The molecule has 2 aromatic rings. The van der Waals surface area contributed by atoms with E-state index in [1.807, 2.05) is 13.8 Å². The van der Waals surface area contributed by atoms with Gasteiger partial charge in [0, 0.05) is 13.1 Å². The Bertz CT molecular complexity index is 926. The van der Waals surface area contributed by atoms with Crippen LogP contribution in [0.5, 0.6) is 0 Å². The molecule has 0 aromatic heterocycles. The number of nitrogens with zero attached hydrogens (tertiary/aromatic N) is 2. The van der Waals surface area contributed by atoms with Crippen LogP contribution in [0.25, 0.3) is 0 Å². The van der Waals surface area contributed by atoms with Crippen molar-refractivity contribution in [2.45, 2.75) is 31.0 Å². The minimum absolute atomic E-state index is 0.0378. The predicted molar refractivity (Wildman–Crippen MR) is 104 cm³/mol. The Balaban J connectivity index is 1.94. The van der Waals surface area contributed by atoms with Crippen LogP contribution >= 0.6 is 0 Å². The molecule has 1 saturated heterocycles. The van der Waals surface area contributed by atoms with Crippen molar-refractivity contribution in [2.75, 3.05) is 23.9 Å². The molecule has 1 aliphatic heterocycles. The van der Waals surface area contributed by atoms with E-state index < -0.39 is 22.4 Å². The van der Waals surface area contributed by atoms with Crippen LogP contribution in [-0.2, 0) is 19.6 Å². The van der Waals surface area contributed by atoms with Gasteiger partial charge in [-0.3, -0.25) is 9.10 Å². The molecule has 2 atom stereocenters. The van der Waals surface area contributed by atoms with Gasteiger partial charge in [0.15, 0.2) is 0 Å². The van der Waals surface area contributed by atoms with Gasteiger partial charge in [0.2, 0.25) is 5.91 Å². The van der Waals surface area contributed by atoms with E-state index in [1.165, 1.54) is 30.3 Å². The molecule has 28 heavy (non-hydrogen) atoms. The topological polar surface area (TPSA) is 66.9 Å². The Morgan fingerprint density at radius 1 is 1.11 bits per heavy atom. The Morgan fingerprint density at radius 3 is 2.36 bits per heavy atom. The van der Waals surface area contributed by atoms with Crippen molar-refractivity contribution in [3.8, 4) is 0 Å². The Morgan fingerprint density at radius 2 is 1.75 bits per heavy atom. The van der Waals surface area contributed by atoms with Crippen LogP contribution in [0, 0.1) is 5.82 Å². The SMILES string of the molecule is CC1CN(C(=O)CN(c2cccc(F)c2)S(=O)(=O)c2ccccc2)CC(C)O1. The van der Waals surface area contributed by atoms with Crippen molar-refractivity contribution in [3.63, 3.8) is 0 Å². The first kappa shape index (κ1) is 20.3. The van der Waals surface area contributed by atoms with E-state index in [-0.39, 0.29) is 28.7 Å². The summed E-state index contributed by atoms with van der Waals surface area (Å²) in [5.74, 6) is -0.933. The second-order valence-corrected chi connectivity index (χ2v) is 8.72. The van der Waals surface area contributed by atoms with Crippen molar-refractivity contribution in [2.24, 2.45) is 0 Å². The molecule has 1 amide bonds. The Hall–Kier alpha value is -2.45. The van der Waals surface area contributed by atoms with Gasteiger partial charge in [0.25, 0.3) is 10.0 Å². The monoisotopic (exact) mass is 406 g/mol. The summed E-state index contributed by atoms with van der Waals surface area (Å²) < 4.78 is 46.8. The maximum absolute atomic E-state index is 13.8. The average Bonchev–Trinajstić information content (AvgIpc) is 2.65. The van der Waals surface area contributed by atoms with Crippen molar-refractivity contribution in [1.82, 2.24) is 4.90 Å². The number of amides is 1. The summed E-state index contributed by atoms with van der Waals surface area (Å²) in [7, 11) is -4.04. The second kappa shape index (κ2) is 8.28. The van der Waals surface area contributed by atoms with Crippen molar-refractivity contribution >= 4 is 21.6 Å². The van der Waals surface area contributed by atoms with Gasteiger partial charge < -0.3 is 9.64 Å². The Kier molecular flexibility index (Phi) is 6.00. The molecule has 1 heterocycles. The third-order valence-corrected chi connectivity index (χ3v) is 6.27. The molecule has 0 radical (unpaired) electrons. The van der Waals surface area contributed by atoms with Gasteiger partial charge in [-0.1, -0.05) is 24.3 Å². The molecule has 0 saturated carbocycles. The average molecular weight is 406 g/mol. The summed E-state index contributed by atoms with van der Waals surface area (Å²) >= 11 is 0. The lowest BCUT2D eigenvalue weighted by Gasteiger charge is -2.36. The maximum atomic E-state index is 13.8. The van der Waals surface area contributed by atoms with Crippen LogP contribution in [0.1, 0.15) is 13.8 Å². The summed E-state index contributed by atoms with van der Waals surface area (Å²) in [6, 6.07) is 13.0. The molecule has 0 aliphatic carbocycles. The number of rotatable bonds is 5. The zero-order valence-electron chi connectivity index (χ0n) is 15.8. The first-order valence-corrected chi connectivity index (χ1v) is 10.5. The minimum atomic E-state index is -4.04. The fourth-order valence-electron chi connectivity index (χ4n) is 3.27. The van der Waals surface area contributed by atoms with Crippen LogP contribution < -0.4 is 4.31 Å². The van der Waals surface area contributed by atoms with Gasteiger partial charge in [-0.25, -0.2) is 12.8 Å². The van der Waals surface area contributed by atoms with Gasteiger partial charge >= 0.3 is 0 Å². The minimum Gasteiger partial charge on any atom is -0.372 e. The van der Waals surface area contributed by atoms with E-state index in [4.69, 9.17) is 4.74 Å². The Labute approximate surface area is 164 Å². The molecule has 0 N–H and O–H groups in total. The standard InChI is InChI=1S/C20H23FN2O4S/c1-15-12-22(13-16(2)27-15)20(24)14-23(18-8-6-7-17(21)11-18)28(25,26)19-9-4-3-5-10-19/h3-11,15-16H,12-14H2,1-2H3. The number of ether oxygens (including phenoxy) is 1. The van der Waals surface area contributed by atoms with E-state index in [0.29, 0.717) is 13.1 Å². The highest BCUT2D eigenvalue weighted by atomic mass is 32.2. The van der Waals surface area contributed by atoms with Crippen LogP contribution in [0.3, 0.4) is 0 Å². The first-order valence-electron chi connectivity index (χ1n) is 9.04. The maximum Gasteiger partial charge on any atom is 0.264 e. The first-order chi connectivity index (χ1) is 13.3. The molecule has 1 fully saturated rings. The third kappa shape index (κ3) is 4.51. The largest absolute Gasteiger partial charge is 0.372 e. The smallest absolute Gasteiger partial charge is 0.264 e. The van der Waals surface area contributed by atoms with Gasteiger partial charge in [-0.2, -0.15) is 0 Å². The highest BCUT2D eigenvalue weighted by Gasteiger charge is 2.32. The number of hydrogen-bond donors (Lipinski definition) is 0. The van der Waals surface area contributed by atoms with Crippen LogP contribution in [-0.4, -0.2) is 51.1 Å². The van der Waals surface area contributed by atoms with Gasteiger partial charge in [0.05, 0.1) is 22.8 Å². The van der Waals surface area contributed by atoms with E-state index in [0.717, 1.165) is 10.4 Å². The summed E-state index contributed by atoms with van der Waals surface area (Å²) in [5.41, 5.74) is 0.103. The van der Waals surface area contributed by atoms with Gasteiger partial charge in [-0.05, 0) is 44.2 Å². The predicted octanol–water partition coefficient (Wildman–Crippen LogP) is 2.66. The van der Waals surface area contributed by atoms with Crippen LogP contribution in [0.15, 0.2) is 59.5 Å². The molecule has 8 heteroatoms. The molecule has 2 aromatic carbocycles. The molecular weight excluding hydrogens is 383 g/mol. The number of carbonyl (C=O) groups excluding carboxylic acids is 1. The van der Waals surface area contributed by atoms with Crippen LogP contribution in [0.2, 0.25) is 0 Å². The van der Waals surface area contributed by atoms with E-state index >= 15 is 0 Å². The fraction of sp³-hybridized carbons (Fsp3) is 0.350. The summed E-state index contributed by atoms with van der Waals surface area (Å²) in [5, 5.41) is 0. The summed E-state index contributed by atoms with van der Waals surface area (Å²) in [6.45, 7) is 4.07. The lowest BCUT2D eigenvalue weighted by atomic mass is 10.2. The second-order valence-electron chi connectivity index (χ2n) is 6.86. The van der Waals surface area contributed by atoms with Gasteiger partial charge in [-0.15, -0.1) is 0 Å². The summed E-state index contributed by atoms with van der Waals surface area (Å²) in [4.78, 5) is 14.5. The quantitative estimate of drug-likeness (QED) is 0.766. The van der Waals surface area contributed by atoms with Gasteiger partial charge in [0.1, 0.15) is 12.4 Å².